The van der Waals surface area contributed by atoms with Crippen LogP contribution in [0.5, 0.6) is 0 Å². The molecule has 0 saturated heterocycles. The zero-order chi connectivity index (χ0) is 11.3. The predicted octanol–water partition coefficient (Wildman–Crippen LogP) is 5.04. The topological polar surface area (TPSA) is 0 Å². The van der Waals surface area contributed by atoms with E-state index in [2.05, 4.69) is 19.9 Å². The van der Waals surface area contributed by atoms with Gasteiger partial charge in [0.15, 0.2) is 0 Å². The summed E-state index contributed by atoms with van der Waals surface area (Å²) in [5.74, 6) is 0. The molecule has 0 fully saturated rings. The van der Waals surface area contributed by atoms with E-state index in [4.69, 9.17) is 0 Å². The number of rotatable bonds is 6. The summed E-state index contributed by atoms with van der Waals surface area (Å²) in [5.41, 5.74) is 1.67. The highest BCUT2D eigenvalue weighted by molar-refractivity contribution is 5.15. The Labute approximate surface area is 94.0 Å². The third-order valence-electron chi connectivity index (χ3n) is 3.67. The van der Waals surface area contributed by atoms with Gasteiger partial charge in [0, 0.05) is 0 Å². The molecule has 0 saturated carbocycles. The van der Waals surface area contributed by atoms with Crippen molar-refractivity contribution in [3.05, 3.63) is 11.6 Å². The zero-order valence-electron chi connectivity index (χ0n) is 10.5. The van der Waals surface area contributed by atoms with Crippen molar-refractivity contribution in [1.82, 2.24) is 0 Å². The molecule has 0 spiro atoms. The summed E-state index contributed by atoms with van der Waals surface area (Å²) in [7, 11) is 0. The van der Waals surface area contributed by atoms with Gasteiger partial charge in [-0.15, -0.1) is 0 Å². The highest BCUT2D eigenvalue weighted by atomic mass is 19.1. The maximum Gasteiger partial charge on any atom is 0.101 e. The van der Waals surface area contributed by atoms with Crippen molar-refractivity contribution in [3.63, 3.8) is 0 Å². The number of allylic oxidation sites excluding steroid dienone is 2. The number of hydrogen-bond acceptors (Lipinski definition) is 0. The molecule has 1 aliphatic carbocycles. The molecule has 0 heterocycles. The normalized spacial score (nSPS) is 27.9. The molecule has 0 bridgehead atoms. The molecule has 0 nitrogen and oxygen atoms in total. The van der Waals surface area contributed by atoms with Crippen LogP contribution < -0.4 is 0 Å². The van der Waals surface area contributed by atoms with Gasteiger partial charge in [0.1, 0.15) is 6.17 Å². The van der Waals surface area contributed by atoms with E-state index in [9.17, 15) is 4.39 Å². The second kappa shape index (κ2) is 5.67. The molecule has 1 aliphatic rings. The van der Waals surface area contributed by atoms with Gasteiger partial charge in [0.05, 0.1) is 0 Å². The van der Waals surface area contributed by atoms with Crippen LogP contribution in [0.25, 0.3) is 0 Å². The Balaban J connectivity index is 2.61. The molecule has 1 heteroatoms. The third-order valence-corrected chi connectivity index (χ3v) is 3.67. The van der Waals surface area contributed by atoms with Crippen LogP contribution in [0.15, 0.2) is 11.6 Å². The van der Waals surface area contributed by atoms with E-state index in [-0.39, 0.29) is 5.41 Å². The van der Waals surface area contributed by atoms with Gasteiger partial charge in [0.2, 0.25) is 0 Å². The van der Waals surface area contributed by atoms with Crippen molar-refractivity contribution >= 4 is 0 Å². The van der Waals surface area contributed by atoms with Crippen LogP contribution in [0, 0.1) is 5.41 Å². The van der Waals surface area contributed by atoms with Crippen LogP contribution in [-0.4, -0.2) is 6.17 Å². The molecule has 0 N–H and O–H groups in total. The first-order valence-electron chi connectivity index (χ1n) is 6.44. The van der Waals surface area contributed by atoms with Gasteiger partial charge in [-0.3, -0.25) is 0 Å². The Morgan fingerprint density at radius 1 is 1.47 bits per heavy atom. The van der Waals surface area contributed by atoms with Crippen LogP contribution in [0.3, 0.4) is 0 Å². The molecule has 0 aliphatic heterocycles. The summed E-state index contributed by atoms with van der Waals surface area (Å²) in [5, 5.41) is 0. The minimum atomic E-state index is -0.607. The van der Waals surface area contributed by atoms with Gasteiger partial charge in [-0.25, -0.2) is 4.39 Å². The van der Waals surface area contributed by atoms with E-state index >= 15 is 0 Å². The Kier molecular flexibility index (Phi) is 4.82. The van der Waals surface area contributed by atoms with E-state index in [0.29, 0.717) is 6.42 Å². The van der Waals surface area contributed by atoms with E-state index in [1.807, 2.05) is 6.92 Å². The zero-order valence-corrected chi connectivity index (χ0v) is 10.5. The summed E-state index contributed by atoms with van der Waals surface area (Å²) in [6.07, 6.45) is 9.18. The van der Waals surface area contributed by atoms with Crippen molar-refractivity contribution in [3.8, 4) is 0 Å². The molecule has 0 aromatic heterocycles. The monoisotopic (exact) mass is 212 g/mol. The lowest BCUT2D eigenvalue weighted by Gasteiger charge is -2.28. The molecule has 88 valence electrons. The van der Waals surface area contributed by atoms with Gasteiger partial charge >= 0.3 is 0 Å². The standard InChI is InChI=1S/C14H25F/c1-4-6-8-14(11-13(15)5-2)9-7-12(3)10-14/h10,13H,4-9,11H2,1-3H3/t13-,14-/m0/s1. The molecular formula is C14H25F. The Morgan fingerprint density at radius 3 is 2.67 bits per heavy atom. The Morgan fingerprint density at radius 2 is 2.20 bits per heavy atom. The lowest BCUT2D eigenvalue weighted by molar-refractivity contribution is 0.196. The second-order valence-electron chi connectivity index (χ2n) is 5.17. The summed E-state index contributed by atoms with van der Waals surface area (Å²) in [6.45, 7) is 6.35. The fourth-order valence-corrected chi connectivity index (χ4v) is 2.69. The molecule has 0 aromatic carbocycles. The van der Waals surface area contributed by atoms with Crippen LogP contribution in [0.1, 0.15) is 65.7 Å². The highest BCUT2D eigenvalue weighted by Crippen LogP contribution is 2.44. The fraction of sp³-hybridized carbons (Fsp3) is 0.857. The molecule has 0 amide bonds. The van der Waals surface area contributed by atoms with Crippen molar-refractivity contribution in [2.45, 2.75) is 71.9 Å². The summed E-state index contributed by atoms with van der Waals surface area (Å²) >= 11 is 0. The summed E-state index contributed by atoms with van der Waals surface area (Å²) in [6, 6.07) is 0. The molecule has 15 heavy (non-hydrogen) atoms. The second-order valence-corrected chi connectivity index (χ2v) is 5.17. The van der Waals surface area contributed by atoms with E-state index < -0.39 is 6.17 Å². The van der Waals surface area contributed by atoms with Crippen LogP contribution in [0.4, 0.5) is 4.39 Å². The largest absolute Gasteiger partial charge is 0.247 e. The fourth-order valence-electron chi connectivity index (χ4n) is 2.69. The van der Waals surface area contributed by atoms with Crippen LogP contribution in [-0.2, 0) is 0 Å². The van der Waals surface area contributed by atoms with Crippen molar-refractivity contribution in [1.29, 1.82) is 0 Å². The quantitative estimate of drug-likeness (QED) is 0.541. The third kappa shape index (κ3) is 3.62. The Bertz CT molecular complexity index is 219. The minimum Gasteiger partial charge on any atom is -0.247 e. The number of alkyl halides is 1. The van der Waals surface area contributed by atoms with Crippen molar-refractivity contribution in [2.24, 2.45) is 5.41 Å². The molecule has 2 atom stereocenters. The minimum absolute atomic E-state index is 0.204. The summed E-state index contributed by atoms with van der Waals surface area (Å²) in [4.78, 5) is 0. The van der Waals surface area contributed by atoms with Gasteiger partial charge < -0.3 is 0 Å². The summed E-state index contributed by atoms with van der Waals surface area (Å²) < 4.78 is 13.6. The maximum atomic E-state index is 13.6. The number of hydrogen-bond donors (Lipinski definition) is 0. The smallest absolute Gasteiger partial charge is 0.101 e. The van der Waals surface area contributed by atoms with Gasteiger partial charge in [-0.05, 0) is 44.4 Å². The van der Waals surface area contributed by atoms with E-state index in [1.54, 1.807) is 0 Å². The van der Waals surface area contributed by atoms with Crippen LogP contribution >= 0.6 is 0 Å². The van der Waals surface area contributed by atoms with Crippen LogP contribution in [0.2, 0.25) is 0 Å². The van der Waals surface area contributed by atoms with E-state index in [0.717, 1.165) is 6.42 Å². The number of halogens is 1. The van der Waals surface area contributed by atoms with Gasteiger partial charge in [-0.2, -0.15) is 0 Å². The molecule has 0 unspecified atom stereocenters. The lowest BCUT2D eigenvalue weighted by Crippen LogP contribution is -2.20. The highest BCUT2D eigenvalue weighted by Gasteiger charge is 2.33. The average Bonchev–Trinajstić information content (AvgIpc) is 2.57. The molecule has 1 rings (SSSR count). The van der Waals surface area contributed by atoms with Crippen molar-refractivity contribution in [2.75, 3.05) is 0 Å². The van der Waals surface area contributed by atoms with Gasteiger partial charge in [0.25, 0.3) is 0 Å². The van der Waals surface area contributed by atoms with Gasteiger partial charge in [-0.1, -0.05) is 38.3 Å². The molecular weight excluding hydrogens is 187 g/mol. The SMILES string of the molecule is CCCC[C@@]1(C[C@@H](F)CC)C=C(C)CC1. The predicted molar refractivity (Wildman–Crippen MR) is 64.8 cm³/mol. The lowest BCUT2D eigenvalue weighted by atomic mass is 9.77. The Hall–Kier alpha value is -0.330. The first kappa shape index (κ1) is 12.7. The molecule has 0 radical (unpaired) electrons. The molecule has 0 aromatic rings. The average molecular weight is 212 g/mol. The number of unbranched alkanes of at least 4 members (excludes halogenated alkanes) is 1. The van der Waals surface area contributed by atoms with E-state index in [1.165, 1.54) is 37.7 Å². The first-order valence-corrected chi connectivity index (χ1v) is 6.44. The maximum absolute atomic E-state index is 13.6. The first-order chi connectivity index (χ1) is 7.12. The van der Waals surface area contributed by atoms with Crippen molar-refractivity contribution < 1.29 is 4.39 Å².